The lowest BCUT2D eigenvalue weighted by atomic mass is 9.88. The van der Waals surface area contributed by atoms with Crippen LogP contribution in [0.4, 0.5) is 0 Å². The van der Waals surface area contributed by atoms with Gasteiger partial charge in [0.15, 0.2) is 0 Å². The smallest absolute Gasteiger partial charge is 0.220 e. The second-order valence-electron chi connectivity index (χ2n) is 6.52. The maximum Gasteiger partial charge on any atom is 0.220 e. The van der Waals surface area contributed by atoms with Crippen LogP contribution in [0.2, 0.25) is 0 Å². The summed E-state index contributed by atoms with van der Waals surface area (Å²) in [5.74, 6) is 0.939. The van der Waals surface area contributed by atoms with Crippen LogP contribution in [0.1, 0.15) is 31.2 Å². The minimum absolute atomic E-state index is 0.00809. The minimum atomic E-state index is -0.00809. The lowest BCUT2D eigenvalue weighted by Crippen LogP contribution is -2.43. The first-order chi connectivity index (χ1) is 11.2. The summed E-state index contributed by atoms with van der Waals surface area (Å²) in [7, 11) is 1.66. The molecule has 3 rings (SSSR count). The van der Waals surface area contributed by atoms with Crippen molar-refractivity contribution in [3.63, 3.8) is 0 Å². The molecular formula is C18H26N2O3. The van der Waals surface area contributed by atoms with Crippen molar-refractivity contribution in [1.82, 2.24) is 10.6 Å². The predicted octanol–water partition coefficient (Wildman–Crippen LogP) is 1.66. The highest BCUT2D eigenvalue weighted by atomic mass is 16.5. The molecule has 1 unspecified atom stereocenters. The van der Waals surface area contributed by atoms with Gasteiger partial charge in [0.25, 0.3) is 0 Å². The van der Waals surface area contributed by atoms with E-state index in [1.165, 1.54) is 0 Å². The molecule has 1 aromatic rings. The molecule has 0 saturated carbocycles. The summed E-state index contributed by atoms with van der Waals surface area (Å²) in [6.07, 6.45) is 4.19. The van der Waals surface area contributed by atoms with Crippen LogP contribution >= 0.6 is 0 Å². The average molecular weight is 318 g/mol. The van der Waals surface area contributed by atoms with E-state index in [1.54, 1.807) is 7.11 Å². The lowest BCUT2D eigenvalue weighted by molar-refractivity contribution is -0.121. The predicted molar refractivity (Wildman–Crippen MR) is 88.6 cm³/mol. The van der Waals surface area contributed by atoms with Crippen LogP contribution < -0.4 is 15.4 Å². The lowest BCUT2D eigenvalue weighted by Gasteiger charge is -2.32. The highest BCUT2D eigenvalue weighted by Crippen LogP contribution is 2.33. The fourth-order valence-corrected chi connectivity index (χ4v) is 3.63. The van der Waals surface area contributed by atoms with Crippen LogP contribution in [0, 0.1) is 0 Å². The molecule has 5 nitrogen and oxygen atoms in total. The summed E-state index contributed by atoms with van der Waals surface area (Å²) in [6.45, 7) is 2.66. The summed E-state index contributed by atoms with van der Waals surface area (Å²) < 4.78 is 11.3. The molecule has 126 valence electrons. The van der Waals surface area contributed by atoms with Gasteiger partial charge in [0.2, 0.25) is 5.91 Å². The van der Waals surface area contributed by atoms with Crippen molar-refractivity contribution in [2.24, 2.45) is 0 Å². The van der Waals surface area contributed by atoms with Crippen molar-refractivity contribution < 1.29 is 14.3 Å². The van der Waals surface area contributed by atoms with Gasteiger partial charge in [0.1, 0.15) is 5.75 Å². The van der Waals surface area contributed by atoms with Gasteiger partial charge in [-0.15, -0.1) is 0 Å². The number of aryl methyl sites for hydroxylation is 1. The van der Waals surface area contributed by atoms with Crippen LogP contribution in [0.5, 0.6) is 5.75 Å². The second-order valence-corrected chi connectivity index (χ2v) is 6.52. The van der Waals surface area contributed by atoms with E-state index in [4.69, 9.17) is 9.47 Å². The molecular weight excluding hydrogens is 292 g/mol. The average Bonchev–Trinajstić information content (AvgIpc) is 2.95. The molecule has 2 saturated heterocycles. The number of carbonyl (C=O) groups is 1. The standard InChI is InChI=1S/C18H26N2O3/c1-22-16-5-3-2-4-14(16)6-7-17(21)20-15-12-18(23-13-15)8-10-19-11-9-18/h2-5,15,19H,6-13H2,1H3,(H,20,21). The van der Waals surface area contributed by atoms with Gasteiger partial charge >= 0.3 is 0 Å². The van der Waals surface area contributed by atoms with Gasteiger partial charge in [-0.05, 0) is 50.4 Å². The maximum atomic E-state index is 12.2. The Bertz CT molecular complexity index is 541. The Hall–Kier alpha value is -1.59. The third-order valence-corrected chi connectivity index (χ3v) is 4.90. The second kappa shape index (κ2) is 7.32. The van der Waals surface area contributed by atoms with Crippen LogP contribution in [-0.4, -0.2) is 44.4 Å². The van der Waals surface area contributed by atoms with Gasteiger partial charge in [0.05, 0.1) is 25.4 Å². The van der Waals surface area contributed by atoms with E-state index in [0.29, 0.717) is 19.4 Å². The highest BCUT2D eigenvalue weighted by Gasteiger charge is 2.41. The normalized spacial score (nSPS) is 22.9. The van der Waals surface area contributed by atoms with Crippen molar-refractivity contribution in [2.45, 2.75) is 43.7 Å². The van der Waals surface area contributed by atoms with Crippen molar-refractivity contribution in [2.75, 3.05) is 26.8 Å². The van der Waals surface area contributed by atoms with Gasteiger partial charge in [-0.2, -0.15) is 0 Å². The summed E-state index contributed by atoms with van der Waals surface area (Å²) >= 11 is 0. The number of amides is 1. The van der Waals surface area contributed by atoms with E-state index in [0.717, 1.165) is 43.7 Å². The Morgan fingerprint density at radius 2 is 2.17 bits per heavy atom. The number of hydrogen-bond acceptors (Lipinski definition) is 4. The Kier molecular flexibility index (Phi) is 5.18. The molecule has 1 atom stereocenters. The summed E-state index contributed by atoms with van der Waals surface area (Å²) in [5, 5.41) is 6.49. The van der Waals surface area contributed by atoms with Gasteiger partial charge in [-0.3, -0.25) is 4.79 Å². The van der Waals surface area contributed by atoms with Gasteiger partial charge in [-0.1, -0.05) is 18.2 Å². The molecule has 2 fully saturated rings. The SMILES string of the molecule is COc1ccccc1CCC(=O)NC1COC2(CCNCC2)C1. The third-order valence-electron chi connectivity index (χ3n) is 4.90. The zero-order valence-electron chi connectivity index (χ0n) is 13.8. The van der Waals surface area contributed by atoms with E-state index in [-0.39, 0.29) is 17.6 Å². The van der Waals surface area contributed by atoms with E-state index >= 15 is 0 Å². The Labute approximate surface area is 137 Å². The fourth-order valence-electron chi connectivity index (χ4n) is 3.63. The minimum Gasteiger partial charge on any atom is -0.496 e. The summed E-state index contributed by atoms with van der Waals surface area (Å²) in [4.78, 5) is 12.2. The molecule has 2 aliphatic heterocycles. The van der Waals surface area contributed by atoms with Crippen molar-refractivity contribution >= 4 is 5.91 Å². The van der Waals surface area contributed by atoms with E-state index < -0.39 is 0 Å². The van der Waals surface area contributed by atoms with Gasteiger partial charge < -0.3 is 20.1 Å². The zero-order chi connectivity index (χ0) is 16.1. The molecule has 1 aromatic carbocycles. The number of piperidine rings is 1. The van der Waals surface area contributed by atoms with Crippen molar-refractivity contribution in [3.05, 3.63) is 29.8 Å². The zero-order valence-corrected chi connectivity index (χ0v) is 13.8. The molecule has 2 heterocycles. The molecule has 1 spiro atoms. The van der Waals surface area contributed by atoms with Crippen LogP contribution in [0.15, 0.2) is 24.3 Å². The van der Waals surface area contributed by atoms with E-state index in [9.17, 15) is 4.79 Å². The number of hydrogen-bond donors (Lipinski definition) is 2. The van der Waals surface area contributed by atoms with E-state index in [1.807, 2.05) is 24.3 Å². The molecule has 5 heteroatoms. The molecule has 0 radical (unpaired) electrons. The third kappa shape index (κ3) is 4.03. The quantitative estimate of drug-likeness (QED) is 0.867. The molecule has 1 amide bonds. The van der Waals surface area contributed by atoms with E-state index in [2.05, 4.69) is 10.6 Å². The monoisotopic (exact) mass is 318 g/mol. The van der Waals surface area contributed by atoms with Crippen molar-refractivity contribution in [3.8, 4) is 5.75 Å². The summed E-state index contributed by atoms with van der Waals surface area (Å²) in [5.41, 5.74) is 1.06. The number of para-hydroxylation sites is 1. The van der Waals surface area contributed by atoms with Gasteiger partial charge in [-0.25, -0.2) is 0 Å². The first-order valence-corrected chi connectivity index (χ1v) is 8.47. The molecule has 23 heavy (non-hydrogen) atoms. The first kappa shape index (κ1) is 16.3. The Morgan fingerprint density at radius 1 is 1.39 bits per heavy atom. The number of benzene rings is 1. The number of nitrogens with one attached hydrogen (secondary N) is 2. The molecule has 0 aromatic heterocycles. The molecule has 0 bridgehead atoms. The van der Waals surface area contributed by atoms with Crippen LogP contribution in [-0.2, 0) is 16.0 Å². The maximum absolute atomic E-state index is 12.2. The fraction of sp³-hybridized carbons (Fsp3) is 0.611. The first-order valence-electron chi connectivity index (χ1n) is 8.47. The van der Waals surface area contributed by atoms with Gasteiger partial charge in [0, 0.05) is 6.42 Å². The number of rotatable bonds is 5. The summed E-state index contributed by atoms with van der Waals surface area (Å²) in [6, 6.07) is 8.00. The molecule has 2 N–H and O–H groups in total. The largest absolute Gasteiger partial charge is 0.496 e. The van der Waals surface area contributed by atoms with Crippen LogP contribution in [0.3, 0.4) is 0 Å². The molecule has 2 aliphatic rings. The van der Waals surface area contributed by atoms with Crippen molar-refractivity contribution in [1.29, 1.82) is 0 Å². The molecule has 0 aliphatic carbocycles. The number of ether oxygens (including phenoxy) is 2. The number of methoxy groups -OCH3 is 1. The highest BCUT2D eigenvalue weighted by molar-refractivity contribution is 5.76. The number of carbonyl (C=O) groups excluding carboxylic acids is 1. The topological polar surface area (TPSA) is 59.6 Å². The van der Waals surface area contributed by atoms with Crippen LogP contribution in [0.25, 0.3) is 0 Å². The Morgan fingerprint density at radius 3 is 2.96 bits per heavy atom. The Balaban J connectivity index is 1.46.